The van der Waals surface area contributed by atoms with Gasteiger partial charge in [-0.05, 0) is 80.7 Å². The topological polar surface area (TPSA) is 111 Å². The number of nitrogens with zero attached hydrogens (tertiary/aromatic N) is 2. The molecule has 0 spiro atoms. The van der Waals surface area contributed by atoms with E-state index in [0.717, 1.165) is 38.3 Å². The lowest BCUT2D eigenvalue weighted by atomic mass is 10.1. The van der Waals surface area contributed by atoms with Crippen molar-refractivity contribution in [2.75, 3.05) is 55.9 Å². The number of hydrogen-bond donors (Lipinski definition) is 3. The molecule has 4 rings (SSSR count). The van der Waals surface area contributed by atoms with E-state index in [2.05, 4.69) is 27.5 Å². The van der Waals surface area contributed by atoms with E-state index in [0.29, 0.717) is 16.9 Å². The third-order valence-corrected chi connectivity index (χ3v) is 6.35. The van der Waals surface area contributed by atoms with Crippen LogP contribution in [-0.2, 0) is 0 Å². The minimum Gasteiger partial charge on any atom is -0.497 e. The molecular weight excluding hydrogens is 508 g/mol. The summed E-state index contributed by atoms with van der Waals surface area (Å²) >= 11 is 0. The summed E-state index contributed by atoms with van der Waals surface area (Å²) in [6, 6.07) is 18.2. The molecule has 2 amide bonds. The second kappa shape index (κ2) is 12.9. The third kappa shape index (κ3) is 6.81. The van der Waals surface area contributed by atoms with Crippen LogP contribution in [0.5, 0.6) is 5.75 Å². The molecule has 1 saturated heterocycles. The molecule has 0 aromatic heterocycles. The molecule has 0 bridgehead atoms. The predicted octanol–water partition coefficient (Wildman–Crippen LogP) is 4.46. The van der Waals surface area contributed by atoms with Gasteiger partial charge in [-0.25, -0.2) is 4.79 Å². The largest absolute Gasteiger partial charge is 0.497 e. The van der Waals surface area contributed by atoms with Crippen molar-refractivity contribution < 1.29 is 24.2 Å². The van der Waals surface area contributed by atoms with Crippen LogP contribution in [0, 0.1) is 0 Å². The number of amides is 2. The van der Waals surface area contributed by atoms with Crippen LogP contribution in [0.3, 0.4) is 0 Å². The molecule has 10 heteroatoms. The highest BCUT2D eigenvalue weighted by atomic mass is 35.5. The maximum absolute atomic E-state index is 13.1. The first-order chi connectivity index (χ1) is 17.9. The summed E-state index contributed by atoms with van der Waals surface area (Å²) in [5, 5.41) is 15.1. The molecule has 3 aromatic rings. The second-order valence-electron chi connectivity index (χ2n) is 8.86. The smallest absolute Gasteiger partial charge is 0.337 e. The fourth-order valence-electron chi connectivity index (χ4n) is 4.22. The van der Waals surface area contributed by atoms with Gasteiger partial charge in [0.05, 0.1) is 24.0 Å². The maximum atomic E-state index is 13.1. The van der Waals surface area contributed by atoms with Gasteiger partial charge in [0.25, 0.3) is 11.8 Å². The predicted molar refractivity (Wildman–Crippen MR) is 150 cm³/mol. The van der Waals surface area contributed by atoms with Gasteiger partial charge in [0.1, 0.15) is 5.75 Å². The highest BCUT2D eigenvalue weighted by Crippen LogP contribution is 2.28. The quantitative estimate of drug-likeness (QED) is 0.407. The van der Waals surface area contributed by atoms with E-state index in [4.69, 9.17) is 4.74 Å². The number of aromatic carboxylic acids is 1. The van der Waals surface area contributed by atoms with E-state index in [9.17, 15) is 19.5 Å². The number of benzene rings is 3. The van der Waals surface area contributed by atoms with E-state index in [1.165, 1.54) is 19.2 Å². The second-order valence-corrected chi connectivity index (χ2v) is 8.86. The standard InChI is InChI=1S/C28H30N4O5.ClH/c1-31-15-4-16-32(18-17-31)21-11-7-19(8-12-21)27(34)30-25-23(28(35)36)5-3-6-24(25)29-26(33)20-9-13-22(37-2)14-10-20;/h3,5-14H,4,15-18H2,1-2H3,(H,29,33)(H,30,34)(H,35,36);1H. The Bertz CT molecular complexity index is 1280. The van der Waals surface area contributed by atoms with Gasteiger partial charge in [-0.3, -0.25) is 9.59 Å². The average molecular weight is 539 g/mol. The molecule has 3 N–H and O–H groups in total. The number of methoxy groups -OCH3 is 1. The molecule has 0 radical (unpaired) electrons. The average Bonchev–Trinajstić information content (AvgIpc) is 3.13. The van der Waals surface area contributed by atoms with E-state index in [-0.39, 0.29) is 29.3 Å². The van der Waals surface area contributed by atoms with Crippen LogP contribution in [0.4, 0.5) is 17.1 Å². The van der Waals surface area contributed by atoms with Gasteiger partial charge < -0.3 is 30.3 Å². The Morgan fingerprint density at radius 2 is 1.45 bits per heavy atom. The summed E-state index contributed by atoms with van der Waals surface area (Å²) in [6.07, 6.45) is 1.07. The lowest BCUT2D eigenvalue weighted by Crippen LogP contribution is -2.28. The van der Waals surface area contributed by atoms with Crippen molar-refractivity contribution in [1.29, 1.82) is 0 Å². The lowest BCUT2D eigenvalue weighted by molar-refractivity contribution is 0.0697. The molecule has 1 fully saturated rings. The van der Waals surface area contributed by atoms with Gasteiger partial charge in [0.2, 0.25) is 0 Å². The molecule has 1 aliphatic heterocycles. The Labute approximate surface area is 227 Å². The van der Waals surface area contributed by atoms with Crippen molar-refractivity contribution in [3.05, 3.63) is 83.4 Å². The zero-order chi connectivity index (χ0) is 26.4. The number of rotatable bonds is 7. The van der Waals surface area contributed by atoms with Gasteiger partial charge in [-0.2, -0.15) is 0 Å². The number of carbonyl (C=O) groups excluding carboxylic acids is 2. The van der Waals surface area contributed by atoms with Crippen molar-refractivity contribution in [2.24, 2.45) is 0 Å². The highest BCUT2D eigenvalue weighted by Gasteiger charge is 2.20. The van der Waals surface area contributed by atoms with Gasteiger partial charge in [0.15, 0.2) is 0 Å². The SMILES string of the molecule is COc1ccc(C(=O)Nc2cccc(C(=O)O)c2NC(=O)c2ccc(N3CCCN(C)CC3)cc2)cc1.Cl. The summed E-state index contributed by atoms with van der Waals surface area (Å²) in [6.45, 7) is 3.88. The molecule has 1 heterocycles. The van der Waals surface area contributed by atoms with Gasteiger partial charge >= 0.3 is 5.97 Å². The summed E-state index contributed by atoms with van der Waals surface area (Å²) in [5.41, 5.74) is 1.83. The van der Waals surface area contributed by atoms with E-state index < -0.39 is 17.8 Å². The maximum Gasteiger partial charge on any atom is 0.337 e. The number of likely N-dealkylation sites (N-methyl/N-ethyl adjacent to an activating group) is 1. The number of para-hydroxylation sites is 1. The summed E-state index contributed by atoms with van der Waals surface area (Å²) in [4.78, 5) is 42.4. The molecule has 9 nitrogen and oxygen atoms in total. The minimum atomic E-state index is -1.22. The van der Waals surface area contributed by atoms with Crippen molar-refractivity contribution in [2.45, 2.75) is 6.42 Å². The monoisotopic (exact) mass is 538 g/mol. The van der Waals surface area contributed by atoms with Gasteiger partial charge in [-0.15, -0.1) is 12.4 Å². The summed E-state index contributed by atoms with van der Waals surface area (Å²) in [5.74, 6) is -1.55. The van der Waals surface area contributed by atoms with E-state index >= 15 is 0 Å². The first-order valence-corrected chi connectivity index (χ1v) is 12.0. The van der Waals surface area contributed by atoms with Crippen LogP contribution in [0.1, 0.15) is 37.5 Å². The fraction of sp³-hybridized carbons (Fsp3) is 0.250. The Morgan fingerprint density at radius 1 is 0.816 bits per heavy atom. The van der Waals surface area contributed by atoms with Crippen LogP contribution in [0.2, 0.25) is 0 Å². The zero-order valence-corrected chi connectivity index (χ0v) is 22.1. The number of halogens is 1. The molecule has 0 atom stereocenters. The first-order valence-electron chi connectivity index (χ1n) is 12.0. The lowest BCUT2D eigenvalue weighted by Gasteiger charge is -2.23. The number of hydrogen-bond acceptors (Lipinski definition) is 6. The molecule has 38 heavy (non-hydrogen) atoms. The minimum absolute atomic E-state index is 0. The fourth-order valence-corrected chi connectivity index (χ4v) is 4.22. The number of nitrogens with one attached hydrogen (secondary N) is 2. The molecule has 200 valence electrons. The summed E-state index contributed by atoms with van der Waals surface area (Å²) < 4.78 is 5.12. The van der Waals surface area contributed by atoms with E-state index in [1.807, 2.05) is 12.1 Å². The van der Waals surface area contributed by atoms with Crippen LogP contribution >= 0.6 is 12.4 Å². The van der Waals surface area contributed by atoms with Crippen LogP contribution < -0.4 is 20.3 Å². The Balaban J connectivity index is 0.00000400. The Kier molecular flexibility index (Phi) is 9.70. The molecular formula is C28H31ClN4O5. The Morgan fingerprint density at radius 3 is 2.08 bits per heavy atom. The zero-order valence-electron chi connectivity index (χ0n) is 21.3. The van der Waals surface area contributed by atoms with Crippen molar-refractivity contribution >= 4 is 47.3 Å². The number of carbonyl (C=O) groups is 3. The number of carboxylic acid groups (broad SMARTS) is 1. The normalized spacial score (nSPS) is 13.6. The van der Waals surface area contributed by atoms with Gasteiger partial charge in [0, 0.05) is 36.4 Å². The molecule has 3 aromatic carbocycles. The number of carboxylic acids is 1. The summed E-state index contributed by atoms with van der Waals surface area (Å²) in [7, 11) is 3.64. The molecule has 0 aliphatic carbocycles. The molecule has 1 aliphatic rings. The number of anilines is 3. The first kappa shape index (κ1) is 28.5. The van der Waals surface area contributed by atoms with Crippen molar-refractivity contribution in [3.63, 3.8) is 0 Å². The molecule has 0 saturated carbocycles. The third-order valence-electron chi connectivity index (χ3n) is 6.35. The van der Waals surface area contributed by atoms with Crippen LogP contribution in [-0.4, -0.2) is 68.1 Å². The molecule has 0 unspecified atom stereocenters. The van der Waals surface area contributed by atoms with E-state index in [1.54, 1.807) is 42.5 Å². The van der Waals surface area contributed by atoms with Crippen LogP contribution in [0.25, 0.3) is 0 Å². The Hall–Kier alpha value is -4.08. The number of ether oxygens (including phenoxy) is 1. The van der Waals surface area contributed by atoms with Gasteiger partial charge in [-0.1, -0.05) is 6.07 Å². The van der Waals surface area contributed by atoms with Crippen molar-refractivity contribution in [3.8, 4) is 5.75 Å². The van der Waals surface area contributed by atoms with Crippen molar-refractivity contribution in [1.82, 2.24) is 4.90 Å². The highest BCUT2D eigenvalue weighted by molar-refractivity contribution is 6.13. The van der Waals surface area contributed by atoms with Crippen LogP contribution in [0.15, 0.2) is 66.7 Å².